The van der Waals surface area contributed by atoms with E-state index in [0.717, 1.165) is 12.6 Å². The Kier molecular flexibility index (Phi) is 6.24. The molecule has 0 aliphatic heterocycles. The maximum Gasteiger partial charge on any atom is 0.0506 e. The van der Waals surface area contributed by atoms with E-state index >= 15 is 0 Å². The summed E-state index contributed by atoms with van der Waals surface area (Å²) >= 11 is 0. The third kappa shape index (κ3) is 6.13. The van der Waals surface area contributed by atoms with E-state index < -0.39 is 0 Å². The Morgan fingerprint density at radius 1 is 1.71 bits per heavy atom. The molecule has 0 aromatic rings. The van der Waals surface area contributed by atoms with Crippen molar-refractivity contribution >= 4 is 14.0 Å². The summed E-state index contributed by atoms with van der Waals surface area (Å²) in [5.41, 5.74) is 0. The summed E-state index contributed by atoms with van der Waals surface area (Å²) in [5, 5.41) is 8.27. The van der Waals surface area contributed by atoms with Crippen LogP contribution in [0.4, 0.5) is 0 Å². The molecule has 42 valence electrons. The largest absolute Gasteiger partial charge is 0.396 e. The third-order valence-corrected chi connectivity index (χ3v) is 1.62. The zero-order chi connectivity index (χ0) is 5.54. The Hall–Kier alpha value is 0.130. The molecule has 0 rings (SSSR count). The highest BCUT2D eigenvalue weighted by molar-refractivity contribution is 7.38. The number of aliphatic hydroxyl groups excluding tert-OH is 1. The Balaban J connectivity index is 2.78. The number of hydrogen-bond donors (Lipinski definition) is 1. The molecule has 0 saturated carbocycles. The molecule has 0 fully saturated rings. The molecular formula is C5H11OP. The van der Waals surface area contributed by atoms with Gasteiger partial charge in [0.05, 0.1) is 6.61 Å². The van der Waals surface area contributed by atoms with Crippen LogP contribution in [0.3, 0.4) is 0 Å². The Morgan fingerprint density at radius 2 is 2.43 bits per heavy atom. The summed E-state index contributed by atoms with van der Waals surface area (Å²) in [7, 11) is 1.27. The van der Waals surface area contributed by atoms with Crippen LogP contribution in [0.15, 0.2) is 0 Å². The summed E-state index contributed by atoms with van der Waals surface area (Å²) in [5.74, 6) is 2.15. The first-order valence-corrected chi connectivity index (χ1v) is 3.65. The van der Waals surface area contributed by atoms with Gasteiger partial charge in [0.2, 0.25) is 0 Å². The third-order valence-electron chi connectivity index (χ3n) is 0.541. The van der Waals surface area contributed by atoms with E-state index in [1.165, 1.54) is 8.20 Å². The molecule has 1 N–H and O–H groups in total. The summed E-state index contributed by atoms with van der Waals surface area (Å²) in [6.45, 7) is 2.42. The van der Waals surface area contributed by atoms with Crippen LogP contribution in [0.5, 0.6) is 0 Å². The fraction of sp³-hybridized carbons (Fsp3) is 0.800. The monoisotopic (exact) mass is 118 g/mol. The van der Waals surface area contributed by atoms with E-state index in [2.05, 4.69) is 12.7 Å². The van der Waals surface area contributed by atoms with Gasteiger partial charge in [0.15, 0.2) is 0 Å². The first-order chi connectivity index (χ1) is 3.41. The zero-order valence-electron chi connectivity index (χ0n) is 4.59. The van der Waals surface area contributed by atoms with Crippen molar-refractivity contribution in [2.45, 2.75) is 13.3 Å². The SMILES string of the molecule is CCC=PCCO. The molecule has 0 heterocycles. The van der Waals surface area contributed by atoms with Crippen molar-refractivity contribution in [2.75, 3.05) is 12.8 Å². The van der Waals surface area contributed by atoms with Gasteiger partial charge in [-0.1, -0.05) is 12.7 Å². The minimum Gasteiger partial charge on any atom is -0.396 e. The van der Waals surface area contributed by atoms with Gasteiger partial charge in [0, 0.05) is 6.16 Å². The molecule has 0 amide bonds. The second kappa shape index (κ2) is 6.13. The van der Waals surface area contributed by atoms with Crippen LogP contribution >= 0.6 is 8.20 Å². The molecule has 0 aromatic heterocycles. The molecule has 0 bridgehead atoms. The van der Waals surface area contributed by atoms with Gasteiger partial charge in [0.1, 0.15) is 0 Å². The van der Waals surface area contributed by atoms with Gasteiger partial charge in [-0.3, -0.25) is 0 Å². The molecule has 0 unspecified atom stereocenters. The first kappa shape index (κ1) is 7.13. The van der Waals surface area contributed by atoms with Gasteiger partial charge >= 0.3 is 0 Å². The highest BCUT2D eigenvalue weighted by Crippen LogP contribution is 1.90. The molecule has 7 heavy (non-hydrogen) atoms. The minimum atomic E-state index is 0.318. The van der Waals surface area contributed by atoms with Gasteiger partial charge < -0.3 is 5.11 Å². The lowest BCUT2D eigenvalue weighted by Crippen LogP contribution is -1.79. The van der Waals surface area contributed by atoms with Crippen LogP contribution in [0.25, 0.3) is 0 Å². The topological polar surface area (TPSA) is 20.2 Å². The second-order valence-corrected chi connectivity index (χ2v) is 2.40. The standard InChI is InChI=1S/C5H11OP/c1-2-4-7-5-3-6/h4,6H,2-3,5H2,1H3. The molecule has 0 saturated heterocycles. The number of aliphatic hydroxyl groups is 1. The van der Waals surface area contributed by atoms with Crippen molar-refractivity contribution in [3.05, 3.63) is 0 Å². The van der Waals surface area contributed by atoms with Crippen LogP contribution in [0, 0.1) is 0 Å². The van der Waals surface area contributed by atoms with Crippen molar-refractivity contribution in [2.24, 2.45) is 0 Å². The fourth-order valence-electron chi connectivity index (χ4n) is 0.278. The van der Waals surface area contributed by atoms with Gasteiger partial charge in [-0.15, -0.1) is 8.20 Å². The molecule has 0 atom stereocenters. The van der Waals surface area contributed by atoms with E-state index in [4.69, 9.17) is 5.11 Å². The quantitative estimate of drug-likeness (QED) is 0.551. The lowest BCUT2D eigenvalue weighted by atomic mass is 10.6. The normalized spacial score (nSPS) is 10.6. The van der Waals surface area contributed by atoms with Gasteiger partial charge in [-0.25, -0.2) is 0 Å². The van der Waals surface area contributed by atoms with Crippen LogP contribution in [-0.2, 0) is 0 Å². The Bertz CT molecular complexity index is 52.0. The summed E-state index contributed by atoms with van der Waals surface area (Å²) < 4.78 is 0. The molecule has 0 aliphatic rings. The highest BCUT2D eigenvalue weighted by atomic mass is 31.1. The summed E-state index contributed by atoms with van der Waals surface area (Å²) in [4.78, 5) is 0. The summed E-state index contributed by atoms with van der Waals surface area (Å²) in [6, 6.07) is 0. The van der Waals surface area contributed by atoms with E-state index in [0.29, 0.717) is 6.61 Å². The van der Waals surface area contributed by atoms with Crippen LogP contribution in [-0.4, -0.2) is 23.7 Å². The average molecular weight is 118 g/mol. The Morgan fingerprint density at radius 3 is 2.86 bits per heavy atom. The van der Waals surface area contributed by atoms with Crippen molar-refractivity contribution in [1.82, 2.24) is 0 Å². The molecule has 0 aliphatic carbocycles. The van der Waals surface area contributed by atoms with Gasteiger partial charge in [0.25, 0.3) is 0 Å². The first-order valence-electron chi connectivity index (χ1n) is 2.51. The van der Waals surface area contributed by atoms with Crippen molar-refractivity contribution in [1.29, 1.82) is 0 Å². The zero-order valence-corrected chi connectivity index (χ0v) is 5.49. The fourth-order valence-corrected chi connectivity index (χ4v) is 0.834. The van der Waals surface area contributed by atoms with Crippen LogP contribution in [0.1, 0.15) is 13.3 Å². The lowest BCUT2D eigenvalue weighted by Gasteiger charge is -1.79. The van der Waals surface area contributed by atoms with Crippen LogP contribution < -0.4 is 0 Å². The second-order valence-electron chi connectivity index (χ2n) is 1.22. The van der Waals surface area contributed by atoms with Crippen molar-refractivity contribution < 1.29 is 5.11 Å². The van der Waals surface area contributed by atoms with E-state index in [9.17, 15) is 0 Å². The molecule has 0 spiro atoms. The van der Waals surface area contributed by atoms with Gasteiger partial charge in [-0.05, 0) is 6.42 Å². The smallest absolute Gasteiger partial charge is 0.0506 e. The summed E-state index contributed by atoms with van der Waals surface area (Å²) in [6.07, 6.45) is 2.01. The van der Waals surface area contributed by atoms with Crippen LogP contribution in [0.2, 0.25) is 0 Å². The van der Waals surface area contributed by atoms with Crippen molar-refractivity contribution in [3.8, 4) is 0 Å². The maximum absolute atomic E-state index is 8.27. The number of rotatable bonds is 3. The molecular weight excluding hydrogens is 107 g/mol. The minimum absolute atomic E-state index is 0.318. The predicted molar refractivity (Wildman–Crippen MR) is 35.2 cm³/mol. The predicted octanol–water partition coefficient (Wildman–Crippen LogP) is 1.14. The van der Waals surface area contributed by atoms with E-state index in [1.807, 2.05) is 0 Å². The number of hydrogen-bond acceptors (Lipinski definition) is 1. The highest BCUT2D eigenvalue weighted by Gasteiger charge is 1.69. The molecule has 2 heteroatoms. The lowest BCUT2D eigenvalue weighted by molar-refractivity contribution is 0.322. The molecule has 0 aromatic carbocycles. The molecule has 0 radical (unpaired) electrons. The average Bonchev–Trinajstić information content (AvgIpc) is 1.69. The van der Waals surface area contributed by atoms with Crippen molar-refractivity contribution in [3.63, 3.8) is 0 Å². The Labute approximate surface area is 46.2 Å². The maximum atomic E-state index is 8.27. The van der Waals surface area contributed by atoms with Gasteiger partial charge in [-0.2, -0.15) is 0 Å². The van der Waals surface area contributed by atoms with E-state index in [-0.39, 0.29) is 0 Å². The van der Waals surface area contributed by atoms with E-state index in [1.54, 1.807) is 0 Å². The molecule has 1 nitrogen and oxygen atoms in total.